The Kier molecular flexibility index (Phi) is 4.52. The number of ether oxygens (including phenoxy) is 1. The van der Waals surface area contributed by atoms with Crippen LogP contribution >= 0.6 is 0 Å². The Morgan fingerprint density at radius 1 is 1.28 bits per heavy atom. The molecule has 2 aliphatic heterocycles. The van der Waals surface area contributed by atoms with Gasteiger partial charge in [-0.3, -0.25) is 4.79 Å². The molecule has 2 saturated heterocycles. The number of carbonyl (C=O) groups is 1. The molecular weight excluding hydrogens is 314 g/mol. The third-order valence-electron chi connectivity index (χ3n) is 5.72. The van der Waals surface area contributed by atoms with Crippen molar-refractivity contribution >= 4 is 16.8 Å². The number of nitrogens with zero attached hydrogens (tertiary/aromatic N) is 2. The molecule has 0 radical (unpaired) electrons. The van der Waals surface area contributed by atoms with Crippen molar-refractivity contribution in [2.24, 2.45) is 5.41 Å². The average molecular weight is 341 g/mol. The number of amides is 1. The molecule has 1 atom stereocenters. The van der Waals surface area contributed by atoms with Gasteiger partial charge < -0.3 is 19.5 Å². The van der Waals surface area contributed by atoms with Gasteiger partial charge in [0.15, 0.2) is 0 Å². The minimum atomic E-state index is 0.0820. The highest BCUT2D eigenvalue weighted by atomic mass is 16.5. The molecule has 2 aromatic rings. The second-order valence-electron chi connectivity index (χ2n) is 7.53. The maximum atomic E-state index is 13.1. The minimum absolute atomic E-state index is 0.0820. The zero-order chi connectivity index (χ0) is 17.3. The molecular formula is C20H27N3O2. The third kappa shape index (κ3) is 3.31. The van der Waals surface area contributed by atoms with E-state index in [1.54, 1.807) is 0 Å². The lowest BCUT2D eigenvalue weighted by Crippen LogP contribution is -2.52. The summed E-state index contributed by atoms with van der Waals surface area (Å²) in [7, 11) is 0. The number of carbonyl (C=O) groups excluding carboxylic acids is 1. The number of rotatable bonds is 2. The van der Waals surface area contributed by atoms with Crippen molar-refractivity contribution in [1.82, 2.24) is 14.8 Å². The molecule has 2 fully saturated rings. The largest absolute Gasteiger partial charge is 0.379 e. The first kappa shape index (κ1) is 16.6. The summed E-state index contributed by atoms with van der Waals surface area (Å²) >= 11 is 0. The number of nitrogens with one attached hydrogen (secondary N) is 1. The van der Waals surface area contributed by atoms with Crippen LogP contribution < -0.4 is 0 Å². The lowest BCUT2D eigenvalue weighted by molar-refractivity contribution is 0.00767. The van der Waals surface area contributed by atoms with Crippen molar-refractivity contribution in [3.8, 4) is 0 Å². The van der Waals surface area contributed by atoms with Gasteiger partial charge in [0.2, 0.25) is 0 Å². The van der Waals surface area contributed by atoms with E-state index in [0.717, 1.165) is 75.2 Å². The number of hydrogen-bond donors (Lipinski definition) is 1. The maximum absolute atomic E-state index is 13.1. The van der Waals surface area contributed by atoms with E-state index >= 15 is 0 Å². The van der Waals surface area contributed by atoms with Gasteiger partial charge in [-0.05, 0) is 43.7 Å². The molecule has 1 aromatic heterocycles. The summed E-state index contributed by atoms with van der Waals surface area (Å²) in [6, 6.07) is 7.94. The number of fused-ring (bicyclic) bond motifs is 1. The van der Waals surface area contributed by atoms with Gasteiger partial charge in [0.05, 0.1) is 13.2 Å². The Balaban J connectivity index is 1.54. The van der Waals surface area contributed by atoms with Crippen LogP contribution in [0.2, 0.25) is 0 Å². The predicted molar refractivity (Wildman–Crippen MR) is 98.8 cm³/mol. The number of likely N-dealkylation sites (tertiary alicyclic amines) is 1. The molecule has 1 N–H and O–H groups in total. The molecule has 25 heavy (non-hydrogen) atoms. The van der Waals surface area contributed by atoms with Crippen molar-refractivity contribution in [2.45, 2.75) is 19.8 Å². The van der Waals surface area contributed by atoms with Crippen LogP contribution in [0.4, 0.5) is 0 Å². The number of likely N-dealkylation sites (N-methyl/N-ethyl adjacent to an activating group) is 1. The number of aromatic amines is 1. The van der Waals surface area contributed by atoms with Crippen LogP contribution in [0, 0.1) is 5.41 Å². The van der Waals surface area contributed by atoms with Gasteiger partial charge in [0, 0.05) is 54.3 Å². The highest BCUT2D eigenvalue weighted by Gasteiger charge is 2.40. The topological polar surface area (TPSA) is 48.6 Å². The van der Waals surface area contributed by atoms with Crippen molar-refractivity contribution in [3.05, 3.63) is 36.0 Å². The second kappa shape index (κ2) is 6.81. The molecule has 1 aromatic carbocycles. The van der Waals surface area contributed by atoms with Crippen LogP contribution in [0.1, 0.15) is 30.1 Å². The van der Waals surface area contributed by atoms with Gasteiger partial charge in [0.1, 0.15) is 0 Å². The van der Waals surface area contributed by atoms with E-state index in [1.165, 1.54) is 0 Å². The highest BCUT2D eigenvalue weighted by molar-refractivity contribution is 5.98. The molecule has 0 bridgehead atoms. The fourth-order valence-electron chi connectivity index (χ4n) is 4.35. The first-order valence-corrected chi connectivity index (χ1v) is 9.36. The predicted octanol–water partition coefficient (Wildman–Crippen LogP) is 2.74. The van der Waals surface area contributed by atoms with Crippen molar-refractivity contribution in [3.63, 3.8) is 0 Å². The summed E-state index contributed by atoms with van der Waals surface area (Å²) in [6.45, 7) is 8.49. The molecule has 1 amide bonds. The van der Waals surface area contributed by atoms with Gasteiger partial charge in [-0.2, -0.15) is 0 Å². The molecule has 4 rings (SSSR count). The SMILES string of the molecule is CCN1CCOC[C@]2(CCCN(C(=O)c3ccc4[nH]ccc4c3)C2)C1. The summed E-state index contributed by atoms with van der Waals surface area (Å²) in [5.41, 5.74) is 1.94. The van der Waals surface area contributed by atoms with Gasteiger partial charge >= 0.3 is 0 Å². The van der Waals surface area contributed by atoms with E-state index in [0.29, 0.717) is 0 Å². The van der Waals surface area contributed by atoms with Gasteiger partial charge in [-0.25, -0.2) is 0 Å². The third-order valence-corrected chi connectivity index (χ3v) is 5.72. The van der Waals surface area contributed by atoms with Crippen LogP contribution in [0.3, 0.4) is 0 Å². The lowest BCUT2D eigenvalue weighted by atomic mass is 9.80. The van der Waals surface area contributed by atoms with Crippen LogP contribution in [-0.4, -0.2) is 66.6 Å². The first-order chi connectivity index (χ1) is 12.2. The highest BCUT2D eigenvalue weighted by Crippen LogP contribution is 2.33. The smallest absolute Gasteiger partial charge is 0.253 e. The Hall–Kier alpha value is -1.85. The van der Waals surface area contributed by atoms with Crippen LogP contribution in [-0.2, 0) is 4.74 Å². The second-order valence-corrected chi connectivity index (χ2v) is 7.53. The van der Waals surface area contributed by atoms with E-state index in [1.807, 2.05) is 35.4 Å². The molecule has 0 saturated carbocycles. The van der Waals surface area contributed by atoms with Crippen LogP contribution in [0.15, 0.2) is 30.5 Å². The number of hydrogen-bond acceptors (Lipinski definition) is 3. The normalized spacial score (nSPS) is 25.4. The minimum Gasteiger partial charge on any atom is -0.379 e. The summed E-state index contributed by atoms with van der Waals surface area (Å²) < 4.78 is 5.92. The Morgan fingerprint density at radius 2 is 2.20 bits per heavy atom. The van der Waals surface area contributed by atoms with Gasteiger partial charge in [-0.15, -0.1) is 0 Å². The molecule has 0 aliphatic carbocycles. The number of aromatic nitrogens is 1. The molecule has 2 aliphatic rings. The van der Waals surface area contributed by atoms with E-state index in [4.69, 9.17) is 4.74 Å². The summed E-state index contributed by atoms with van der Waals surface area (Å²) in [5, 5.41) is 1.09. The first-order valence-electron chi connectivity index (χ1n) is 9.36. The summed E-state index contributed by atoms with van der Waals surface area (Å²) in [4.78, 5) is 20.8. The van der Waals surface area contributed by atoms with Crippen LogP contribution in [0.25, 0.3) is 10.9 Å². The van der Waals surface area contributed by atoms with E-state index in [2.05, 4.69) is 16.8 Å². The molecule has 0 unspecified atom stereocenters. The monoisotopic (exact) mass is 341 g/mol. The number of piperidine rings is 1. The van der Waals surface area contributed by atoms with Crippen molar-refractivity contribution in [1.29, 1.82) is 0 Å². The van der Waals surface area contributed by atoms with E-state index in [9.17, 15) is 4.79 Å². The zero-order valence-electron chi connectivity index (χ0n) is 15.0. The lowest BCUT2D eigenvalue weighted by Gasteiger charge is -2.43. The average Bonchev–Trinajstić information content (AvgIpc) is 3.03. The molecule has 5 nitrogen and oxygen atoms in total. The summed E-state index contributed by atoms with van der Waals surface area (Å²) in [5.74, 6) is 0.148. The Morgan fingerprint density at radius 3 is 3.08 bits per heavy atom. The quantitative estimate of drug-likeness (QED) is 0.914. The molecule has 3 heterocycles. The fourth-order valence-corrected chi connectivity index (χ4v) is 4.35. The van der Waals surface area contributed by atoms with E-state index in [-0.39, 0.29) is 11.3 Å². The summed E-state index contributed by atoms with van der Waals surface area (Å²) in [6.07, 6.45) is 4.11. The Bertz CT molecular complexity index is 756. The van der Waals surface area contributed by atoms with Gasteiger partial charge in [-0.1, -0.05) is 6.92 Å². The zero-order valence-corrected chi connectivity index (χ0v) is 15.0. The van der Waals surface area contributed by atoms with Crippen LogP contribution in [0.5, 0.6) is 0 Å². The number of benzene rings is 1. The molecule has 134 valence electrons. The Labute approximate surface area is 148 Å². The molecule has 5 heteroatoms. The van der Waals surface area contributed by atoms with E-state index < -0.39 is 0 Å². The molecule has 1 spiro atoms. The number of H-pyrrole nitrogens is 1. The van der Waals surface area contributed by atoms with Crippen molar-refractivity contribution in [2.75, 3.05) is 45.9 Å². The van der Waals surface area contributed by atoms with Gasteiger partial charge in [0.25, 0.3) is 5.91 Å². The maximum Gasteiger partial charge on any atom is 0.253 e. The fraction of sp³-hybridized carbons (Fsp3) is 0.550. The standard InChI is InChI=1S/C20H27N3O2/c1-2-22-10-11-25-15-20(13-22)7-3-9-23(14-20)19(24)17-4-5-18-16(12-17)6-8-21-18/h4-6,8,12,21H,2-3,7,9-11,13-15H2,1H3/t20-/m1/s1. The van der Waals surface area contributed by atoms with Crippen molar-refractivity contribution < 1.29 is 9.53 Å².